The van der Waals surface area contributed by atoms with Gasteiger partial charge in [-0.05, 0) is 23.1 Å². The predicted octanol–water partition coefficient (Wildman–Crippen LogP) is 4.57. The summed E-state index contributed by atoms with van der Waals surface area (Å²) in [5, 5.41) is 6.28. The van der Waals surface area contributed by atoms with Crippen LogP contribution < -0.4 is 5.73 Å². The van der Waals surface area contributed by atoms with Crippen LogP contribution in [0.3, 0.4) is 0 Å². The molecule has 23 heavy (non-hydrogen) atoms. The Morgan fingerprint density at radius 3 is 2.39 bits per heavy atom. The molecule has 0 amide bonds. The van der Waals surface area contributed by atoms with Crippen LogP contribution in [-0.4, -0.2) is 5.96 Å². The van der Waals surface area contributed by atoms with E-state index >= 15 is 0 Å². The van der Waals surface area contributed by atoms with Crippen molar-refractivity contribution >= 4 is 23.0 Å². The molecule has 0 spiro atoms. The number of hydrogen-bond donors (Lipinski definition) is 1. The third kappa shape index (κ3) is 4.63. The van der Waals surface area contributed by atoms with Crippen LogP contribution in [-0.2, 0) is 17.1 Å². The van der Waals surface area contributed by atoms with Crippen LogP contribution in [0.2, 0.25) is 0 Å². The topological polar surface area (TPSA) is 52.5 Å². The number of allylic oxidation sites excluding steroid dienone is 6. The molecule has 3 nitrogen and oxygen atoms in total. The molecule has 2 aromatic rings. The van der Waals surface area contributed by atoms with E-state index in [1.54, 1.807) is 11.3 Å². The first-order valence-corrected chi connectivity index (χ1v) is 7.78. The van der Waals surface area contributed by atoms with E-state index in [0.717, 1.165) is 21.8 Å². The maximum absolute atomic E-state index is 5.75. The van der Waals surface area contributed by atoms with Gasteiger partial charge in [0.2, 0.25) is 0 Å². The van der Waals surface area contributed by atoms with Gasteiger partial charge in [-0.25, -0.2) is 12.1 Å². The summed E-state index contributed by atoms with van der Waals surface area (Å²) >= 11 is 1.64. The van der Waals surface area contributed by atoms with Crippen molar-refractivity contribution in [1.29, 1.82) is 0 Å². The van der Waals surface area contributed by atoms with E-state index in [2.05, 4.69) is 10.3 Å². The molecule has 0 atom stereocenters. The molecule has 1 aromatic carbocycles. The van der Waals surface area contributed by atoms with Crippen molar-refractivity contribution < 1.29 is 17.1 Å². The van der Waals surface area contributed by atoms with E-state index in [1.165, 1.54) is 0 Å². The summed E-state index contributed by atoms with van der Waals surface area (Å²) < 4.78 is 0. The number of aliphatic imine (C=N–C) groups is 1. The second-order valence-electron chi connectivity index (χ2n) is 4.61. The van der Waals surface area contributed by atoms with Crippen molar-refractivity contribution in [2.75, 3.05) is 0 Å². The van der Waals surface area contributed by atoms with Crippen molar-refractivity contribution in [1.82, 2.24) is 0 Å². The molecule has 1 aromatic heterocycles. The first-order valence-electron chi connectivity index (χ1n) is 6.90. The van der Waals surface area contributed by atoms with E-state index in [-0.39, 0.29) is 17.1 Å². The van der Waals surface area contributed by atoms with Crippen molar-refractivity contribution in [3.05, 3.63) is 99.7 Å². The van der Waals surface area contributed by atoms with Crippen molar-refractivity contribution in [2.24, 2.45) is 10.7 Å². The third-order valence-electron chi connectivity index (χ3n) is 3.03. The summed E-state index contributed by atoms with van der Waals surface area (Å²) in [7, 11) is 0. The molecule has 2 heterocycles. The molecule has 2 aliphatic rings. The van der Waals surface area contributed by atoms with Crippen LogP contribution in [0.5, 0.6) is 0 Å². The third-order valence-corrected chi connectivity index (χ3v) is 3.92. The number of rotatable bonds is 1. The summed E-state index contributed by atoms with van der Waals surface area (Å²) in [6.07, 6.45) is 9.97. The van der Waals surface area contributed by atoms with Gasteiger partial charge in [0.1, 0.15) is 0 Å². The van der Waals surface area contributed by atoms with Gasteiger partial charge in [0, 0.05) is 22.2 Å². The van der Waals surface area contributed by atoms with Gasteiger partial charge in [0.05, 0.1) is 0 Å². The van der Waals surface area contributed by atoms with Gasteiger partial charge in [0.15, 0.2) is 0 Å². The Hall–Kier alpha value is -2.20. The fourth-order valence-electron chi connectivity index (χ4n) is 2.03. The van der Waals surface area contributed by atoms with Crippen LogP contribution in [0, 0.1) is 0 Å². The Kier molecular flexibility index (Phi) is 6.29. The van der Waals surface area contributed by atoms with E-state index in [4.69, 9.17) is 5.73 Å². The molecule has 0 saturated carbocycles. The standard InChI is InChI=1S/C13H10N3S.C5H5.Fe/c14-13-15-10(9-4-1-2-5-9)8-11(16-13)12-6-3-7-17-12;1-2-4-5-3-1;/h1-8H,(H2-,14,15,16);1-5H;/q2*-1;+2. The second kappa shape index (κ2) is 8.44. The Balaban J connectivity index is 0.000000276. The molecule has 0 radical (unpaired) electrons. The van der Waals surface area contributed by atoms with Gasteiger partial charge in [-0.2, -0.15) is 18.2 Å². The Bertz CT molecular complexity index is 732. The molecule has 116 valence electrons. The molecular weight excluding hydrogens is 346 g/mol. The Morgan fingerprint density at radius 2 is 1.83 bits per heavy atom. The summed E-state index contributed by atoms with van der Waals surface area (Å²) in [5.41, 5.74) is 8.57. The van der Waals surface area contributed by atoms with Crippen LogP contribution in [0.15, 0.2) is 94.5 Å². The smallest absolute Gasteiger partial charge is 0.453 e. The van der Waals surface area contributed by atoms with Gasteiger partial charge in [-0.3, -0.25) is 0 Å². The minimum absolute atomic E-state index is 0. The molecule has 2 N–H and O–H groups in total. The van der Waals surface area contributed by atoms with Crippen molar-refractivity contribution in [3.8, 4) is 0 Å². The summed E-state index contributed by atoms with van der Waals surface area (Å²) in [4.78, 5) is 5.37. The maximum atomic E-state index is 5.75. The Morgan fingerprint density at radius 1 is 1.09 bits per heavy atom. The molecule has 0 fully saturated rings. The molecule has 1 aliphatic heterocycles. The van der Waals surface area contributed by atoms with E-state index in [9.17, 15) is 0 Å². The van der Waals surface area contributed by atoms with Crippen molar-refractivity contribution in [2.45, 2.75) is 0 Å². The van der Waals surface area contributed by atoms with Crippen LogP contribution in [0.4, 0.5) is 0 Å². The van der Waals surface area contributed by atoms with Gasteiger partial charge in [0.25, 0.3) is 0 Å². The summed E-state index contributed by atoms with van der Waals surface area (Å²) in [5.74, 6) is 0.312. The van der Waals surface area contributed by atoms with Gasteiger partial charge >= 0.3 is 17.1 Å². The molecule has 0 unspecified atom stereocenters. The maximum Gasteiger partial charge on any atom is 2.00 e. The quantitative estimate of drug-likeness (QED) is 0.587. The minimum Gasteiger partial charge on any atom is -0.453 e. The van der Waals surface area contributed by atoms with Crippen LogP contribution >= 0.6 is 11.3 Å². The molecule has 5 heteroatoms. The van der Waals surface area contributed by atoms with Gasteiger partial charge < -0.3 is 16.0 Å². The zero-order valence-corrected chi connectivity index (χ0v) is 14.2. The zero-order chi connectivity index (χ0) is 15.2. The molecule has 0 saturated heterocycles. The number of nitrogens with two attached hydrogens (primary N) is 1. The number of guanidine groups is 1. The molecule has 0 bridgehead atoms. The molecule has 4 rings (SSSR count). The second-order valence-corrected chi connectivity index (χ2v) is 5.56. The fourth-order valence-corrected chi connectivity index (χ4v) is 2.72. The summed E-state index contributed by atoms with van der Waals surface area (Å²) in [6, 6.07) is 14.0. The van der Waals surface area contributed by atoms with Crippen molar-refractivity contribution in [3.63, 3.8) is 0 Å². The van der Waals surface area contributed by atoms with Gasteiger partial charge in [-0.1, -0.05) is 30.4 Å². The normalized spacial score (nSPS) is 15.1. The number of nitrogens with zero attached hydrogens (tertiary/aromatic N) is 2. The monoisotopic (exact) mass is 361 g/mol. The predicted molar refractivity (Wildman–Crippen MR) is 94.6 cm³/mol. The van der Waals surface area contributed by atoms with E-state index < -0.39 is 0 Å². The van der Waals surface area contributed by atoms with E-state index in [0.29, 0.717) is 5.96 Å². The average molecular weight is 361 g/mol. The number of hydrogen-bond acceptors (Lipinski definition) is 3. The fraction of sp³-hybridized carbons (Fsp3) is 0. The Labute approximate surface area is 150 Å². The van der Waals surface area contributed by atoms with Gasteiger partial charge in [-0.15, -0.1) is 11.3 Å². The SMILES string of the molecule is NC1=NC(c2cccs2)=CC(=C2C=CC=C2)[N-]1.[Fe+2].c1cc[cH-]c1. The summed E-state index contributed by atoms with van der Waals surface area (Å²) in [6.45, 7) is 0. The first-order chi connectivity index (χ1) is 10.8. The first kappa shape index (κ1) is 17.2. The number of thiophene rings is 1. The van der Waals surface area contributed by atoms with Crippen LogP contribution in [0.1, 0.15) is 4.88 Å². The largest absolute Gasteiger partial charge is 2.00 e. The minimum atomic E-state index is 0. The molecular formula is C18H15FeN3S. The zero-order valence-electron chi connectivity index (χ0n) is 12.2. The average Bonchev–Trinajstić information content (AvgIpc) is 3.31. The van der Waals surface area contributed by atoms with E-state index in [1.807, 2.05) is 78.2 Å². The van der Waals surface area contributed by atoms with Crippen LogP contribution in [0.25, 0.3) is 11.0 Å². The molecule has 1 aliphatic carbocycles.